The normalized spacial score (nSPS) is 19.1. The summed E-state index contributed by atoms with van der Waals surface area (Å²) in [4.78, 5) is 49.1. The van der Waals surface area contributed by atoms with Crippen molar-refractivity contribution in [2.45, 2.75) is 24.5 Å². The van der Waals surface area contributed by atoms with E-state index < -0.39 is 17.2 Å². The van der Waals surface area contributed by atoms with Gasteiger partial charge < -0.3 is 14.2 Å². The molecule has 3 aliphatic rings. The molecule has 3 aliphatic heterocycles. The van der Waals surface area contributed by atoms with Crippen LogP contribution in [0.1, 0.15) is 18.2 Å². The summed E-state index contributed by atoms with van der Waals surface area (Å²) in [5.41, 5.74) is 3.28. The van der Waals surface area contributed by atoms with Crippen LogP contribution in [0.2, 0.25) is 0 Å². The first-order chi connectivity index (χ1) is 19.0. The van der Waals surface area contributed by atoms with Crippen molar-refractivity contribution in [3.8, 4) is 0 Å². The first-order valence-electron chi connectivity index (χ1n) is 12.8. The number of nitrogens with zero attached hydrogens (tertiary/aromatic N) is 4. The third kappa shape index (κ3) is 5.26. The second-order valence-corrected chi connectivity index (χ2v) is 11.5. The molecule has 1 unspecified atom stereocenters. The highest BCUT2D eigenvalue weighted by Gasteiger charge is 2.42. The number of carbonyl (C=O) groups excluding carboxylic acids is 3. The van der Waals surface area contributed by atoms with Gasteiger partial charge in [0, 0.05) is 44.4 Å². The molecule has 0 aliphatic carbocycles. The number of aliphatic imine (C=N–C) groups is 1. The van der Waals surface area contributed by atoms with Gasteiger partial charge in [-0.05, 0) is 66.3 Å². The van der Waals surface area contributed by atoms with Crippen molar-refractivity contribution in [2.75, 3.05) is 31.1 Å². The van der Waals surface area contributed by atoms with Gasteiger partial charge in [0.15, 0.2) is 5.09 Å². The average molecular weight is 559 g/mol. The highest BCUT2D eigenvalue weighted by atomic mass is 32.2. The number of imide groups is 1. The van der Waals surface area contributed by atoms with Crippen LogP contribution in [0.15, 0.2) is 86.1 Å². The van der Waals surface area contributed by atoms with Crippen LogP contribution >= 0.6 is 23.5 Å². The Morgan fingerprint density at radius 1 is 1.00 bits per heavy atom. The Morgan fingerprint density at radius 2 is 1.74 bits per heavy atom. The molecule has 8 nitrogen and oxygen atoms in total. The van der Waals surface area contributed by atoms with Gasteiger partial charge >= 0.3 is 0 Å². The predicted molar refractivity (Wildman–Crippen MR) is 154 cm³/mol. The Bertz CT molecular complexity index is 1490. The molecule has 6 rings (SSSR count). The number of fused-ring (bicyclic) bond motifs is 1. The molecule has 2 fully saturated rings. The number of furan rings is 1. The number of thioether (sulfide) groups is 2. The fourth-order valence-electron chi connectivity index (χ4n) is 4.89. The predicted octanol–water partition coefficient (Wildman–Crippen LogP) is 5.43. The number of carbonyl (C=O) groups is 3. The van der Waals surface area contributed by atoms with Crippen LogP contribution in [0, 0.1) is 0 Å². The zero-order valence-electron chi connectivity index (χ0n) is 21.3. The number of hydrogen-bond acceptors (Lipinski definition) is 8. The lowest BCUT2D eigenvalue weighted by Crippen LogP contribution is -2.55. The molecule has 0 saturated carbocycles. The van der Waals surface area contributed by atoms with Gasteiger partial charge in [-0.3, -0.25) is 19.3 Å². The van der Waals surface area contributed by atoms with Crippen LogP contribution in [0.4, 0.5) is 16.2 Å². The Hall–Kier alpha value is -3.76. The van der Waals surface area contributed by atoms with Gasteiger partial charge in [0.2, 0.25) is 5.91 Å². The van der Waals surface area contributed by atoms with E-state index in [9.17, 15) is 14.4 Å². The SMILES string of the molecule is CC(C(=O)N1CCN(c2ccccc2)CC1)N1C(=O)S/C(=C\c2ccc(SC3=Nc4ccccc4C3)o2)C1=O. The molecule has 4 heterocycles. The van der Waals surface area contributed by atoms with E-state index in [0.717, 1.165) is 39.5 Å². The quantitative estimate of drug-likeness (QED) is 0.386. The molecule has 0 spiro atoms. The van der Waals surface area contributed by atoms with Gasteiger partial charge in [0.05, 0.1) is 15.6 Å². The van der Waals surface area contributed by atoms with E-state index in [2.05, 4.69) is 28.1 Å². The molecule has 2 saturated heterocycles. The van der Waals surface area contributed by atoms with Gasteiger partial charge in [0.1, 0.15) is 11.8 Å². The summed E-state index contributed by atoms with van der Waals surface area (Å²) >= 11 is 2.27. The van der Waals surface area contributed by atoms with Crippen LogP contribution in [0.3, 0.4) is 0 Å². The summed E-state index contributed by atoms with van der Waals surface area (Å²) in [5.74, 6) is -0.230. The van der Waals surface area contributed by atoms with E-state index >= 15 is 0 Å². The number of para-hydroxylation sites is 2. The molecule has 1 aromatic heterocycles. The molecule has 198 valence electrons. The van der Waals surface area contributed by atoms with Crippen molar-refractivity contribution in [2.24, 2.45) is 4.99 Å². The van der Waals surface area contributed by atoms with Crippen LogP contribution in [0.25, 0.3) is 6.08 Å². The van der Waals surface area contributed by atoms with Crippen molar-refractivity contribution >= 4 is 63.1 Å². The summed E-state index contributed by atoms with van der Waals surface area (Å²) in [6.45, 7) is 4.08. The van der Waals surface area contributed by atoms with Crippen molar-refractivity contribution in [3.63, 3.8) is 0 Å². The number of amides is 3. The second-order valence-electron chi connectivity index (χ2n) is 9.45. The molecule has 3 amide bonds. The van der Waals surface area contributed by atoms with Gasteiger partial charge in [0.25, 0.3) is 11.1 Å². The van der Waals surface area contributed by atoms with Gasteiger partial charge in [-0.1, -0.05) is 36.4 Å². The van der Waals surface area contributed by atoms with Crippen LogP contribution in [0.5, 0.6) is 0 Å². The zero-order valence-corrected chi connectivity index (χ0v) is 22.9. The minimum Gasteiger partial charge on any atom is -0.450 e. The van der Waals surface area contributed by atoms with E-state index in [1.54, 1.807) is 24.0 Å². The largest absolute Gasteiger partial charge is 0.450 e. The topological polar surface area (TPSA) is 86.4 Å². The lowest BCUT2D eigenvalue weighted by atomic mass is 10.2. The lowest BCUT2D eigenvalue weighted by Gasteiger charge is -2.38. The first kappa shape index (κ1) is 25.5. The molecule has 3 aromatic rings. The molecule has 0 bridgehead atoms. The van der Waals surface area contributed by atoms with Gasteiger partial charge in [-0.25, -0.2) is 4.99 Å². The number of rotatable bonds is 5. The number of benzene rings is 2. The monoisotopic (exact) mass is 558 g/mol. The first-order valence-corrected chi connectivity index (χ1v) is 14.4. The van der Waals surface area contributed by atoms with Gasteiger partial charge in [-0.15, -0.1) is 0 Å². The zero-order chi connectivity index (χ0) is 26.9. The highest BCUT2D eigenvalue weighted by molar-refractivity contribution is 8.18. The van der Waals surface area contributed by atoms with Gasteiger partial charge in [-0.2, -0.15) is 0 Å². The second kappa shape index (κ2) is 10.8. The summed E-state index contributed by atoms with van der Waals surface area (Å²) in [5, 5.41) is 1.15. The minimum absolute atomic E-state index is 0.221. The lowest BCUT2D eigenvalue weighted by molar-refractivity contribution is -0.140. The number of anilines is 1. The molecule has 39 heavy (non-hydrogen) atoms. The molecule has 2 aromatic carbocycles. The highest BCUT2D eigenvalue weighted by Crippen LogP contribution is 2.36. The Morgan fingerprint density at radius 3 is 2.51 bits per heavy atom. The summed E-state index contributed by atoms with van der Waals surface area (Å²) in [6, 6.07) is 20.8. The molecule has 0 radical (unpaired) electrons. The molecule has 1 atom stereocenters. The molecular formula is C29H26N4O4S2. The summed E-state index contributed by atoms with van der Waals surface area (Å²) in [6.07, 6.45) is 2.32. The van der Waals surface area contributed by atoms with E-state index in [1.807, 2.05) is 42.5 Å². The van der Waals surface area contributed by atoms with Crippen molar-refractivity contribution in [1.29, 1.82) is 0 Å². The fourth-order valence-corrected chi connectivity index (χ4v) is 6.66. The maximum atomic E-state index is 13.2. The van der Waals surface area contributed by atoms with Crippen LogP contribution in [-0.4, -0.2) is 64.1 Å². The summed E-state index contributed by atoms with van der Waals surface area (Å²) in [7, 11) is 0. The average Bonchev–Trinajstić information content (AvgIpc) is 3.65. The Kier molecular flexibility index (Phi) is 7.05. The Balaban J connectivity index is 1.08. The van der Waals surface area contributed by atoms with Crippen molar-refractivity contribution < 1.29 is 18.8 Å². The van der Waals surface area contributed by atoms with Crippen LogP contribution < -0.4 is 4.90 Å². The Labute approximate surface area is 234 Å². The van der Waals surface area contributed by atoms with E-state index in [1.165, 1.54) is 17.3 Å². The van der Waals surface area contributed by atoms with E-state index in [4.69, 9.17) is 4.42 Å². The standard InChI is InChI=1S/C29H26N4O4S2/c1-19(27(34)32-15-13-31(14-16-32)21-8-3-2-4-9-21)33-28(35)24(38-29(33)36)18-22-11-12-26(37-22)39-25-17-20-7-5-6-10-23(20)30-25/h2-12,18-19H,13-17H2,1H3/b24-18-. The molecule has 10 heteroatoms. The van der Waals surface area contributed by atoms with E-state index in [0.29, 0.717) is 37.0 Å². The molecule has 0 N–H and O–H groups in total. The minimum atomic E-state index is -0.878. The number of hydrogen-bond donors (Lipinski definition) is 0. The van der Waals surface area contributed by atoms with Crippen molar-refractivity contribution in [1.82, 2.24) is 9.80 Å². The third-order valence-electron chi connectivity index (χ3n) is 6.95. The van der Waals surface area contributed by atoms with Crippen LogP contribution in [-0.2, 0) is 16.0 Å². The molecular weight excluding hydrogens is 532 g/mol. The summed E-state index contributed by atoms with van der Waals surface area (Å²) < 4.78 is 5.91. The van der Waals surface area contributed by atoms with E-state index in [-0.39, 0.29) is 10.8 Å². The fraction of sp³-hybridized carbons (Fsp3) is 0.241. The van der Waals surface area contributed by atoms with Crippen molar-refractivity contribution in [3.05, 3.63) is 83.0 Å². The smallest absolute Gasteiger partial charge is 0.294 e. The third-order valence-corrected chi connectivity index (χ3v) is 8.73. The number of piperazine rings is 1. The maximum Gasteiger partial charge on any atom is 0.294 e. The maximum absolute atomic E-state index is 13.2.